The van der Waals surface area contributed by atoms with Crippen LogP contribution in [-0.4, -0.2) is 4.92 Å². The van der Waals surface area contributed by atoms with Crippen molar-refractivity contribution in [1.29, 1.82) is 0 Å². The van der Waals surface area contributed by atoms with Crippen LogP contribution in [0.4, 0.5) is 11.4 Å². The molecule has 0 spiro atoms. The van der Waals surface area contributed by atoms with Crippen LogP contribution in [0.3, 0.4) is 0 Å². The molecule has 1 N–H and O–H groups in total. The quantitative estimate of drug-likeness (QED) is 0.667. The van der Waals surface area contributed by atoms with E-state index in [9.17, 15) is 10.1 Å². The van der Waals surface area contributed by atoms with E-state index in [0.29, 0.717) is 11.6 Å². The zero-order valence-electron chi connectivity index (χ0n) is 9.77. The van der Waals surface area contributed by atoms with Gasteiger partial charge in [-0.1, -0.05) is 41.4 Å². The van der Waals surface area contributed by atoms with Crippen molar-refractivity contribution < 1.29 is 4.92 Å². The van der Waals surface area contributed by atoms with Crippen LogP contribution >= 0.6 is 23.2 Å². The van der Waals surface area contributed by atoms with Gasteiger partial charge in [-0.05, 0) is 23.8 Å². The highest BCUT2D eigenvalue weighted by Gasteiger charge is 2.12. The molecule has 6 heteroatoms. The molecular formula is C13H10Cl2N2O2. The summed E-state index contributed by atoms with van der Waals surface area (Å²) in [6.07, 6.45) is 0. The average Bonchev–Trinajstić information content (AvgIpc) is 2.39. The van der Waals surface area contributed by atoms with Gasteiger partial charge in [-0.15, -0.1) is 0 Å². The molecule has 0 radical (unpaired) electrons. The maximum Gasteiger partial charge on any atom is 0.288 e. The predicted octanol–water partition coefficient (Wildman–Crippen LogP) is 4.51. The van der Waals surface area contributed by atoms with E-state index in [-0.39, 0.29) is 10.7 Å². The molecule has 0 unspecified atom stereocenters. The van der Waals surface area contributed by atoms with E-state index < -0.39 is 4.92 Å². The van der Waals surface area contributed by atoms with Gasteiger partial charge in [0.05, 0.1) is 15.6 Å². The molecule has 98 valence electrons. The highest BCUT2D eigenvalue weighted by molar-refractivity contribution is 6.33. The number of nitro groups is 1. The lowest BCUT2D eigenvalue weighted by Crippen LogP contribution is -2.00. The van der Waals surface area contributed by atoms with E-state index in [1.807, 2.05) is 18.2 Å². The first-order valence-electron chi connectivity index (χ1n) is 5.49. The van der Waals surface area contributed by atoms with Gasteiger partial charge in [0.1, 0.15) is 5.02 Å². The summed E-state index contributed by atoms with van der Waals surface area (Å²) in [5.74, 6) is 0. The zero-order chi connectivity index (χ0) is 13.8. The smallest absolute Gasteiger partial charge is 0.288 e. The topological polar surface area (TPSA) is 55.2 Å². The Balaban J connectivity index is 2.14. The number of nitrogens with one attached hydrogen (secondary N) is 1. The molecule has 0 saturated carbocycles. The maximum absolute atomic E-state index is 10.8. The van der Waals surface area contributed by atoms with Crippen LogP contribution < -0.4 is 5.32 Å². The molecule has 0 fully saturated rings. The van der Waals surface area contributed by atoms with Crippen LogP contribution in [0, 0.1) is 10.1 Å². The Hall–Kier alpha value is -1.78. The van der Waals surface area contributed by atoms with Crippen molar-refractivity contribution in [2.75, 3.05) is 5.32 Å². The molecule has 0 aromatic heterocycles. The van der Waals surface area contributed by atoms with E-state index in [0.717, 1.165) is 11.3 Å². The van der Waals surface area contributed by atoms with Gasteiger partial charge in [-0.25, -0.2) is 0 Å². The SMILES string of the molecule is O=[N+]([O-])c1cc(CNc2ccccc2Cl)ccc1Cl. The number of nitrogens with zero attached hydrogens (tertiary/aromatic N) is 1. The number of anilines is 1. The highest BCUT2D eigenvalue weighted by Crippen LogP contribution is 2.26. The van der Waals surface area contributed by atoms with Gasteiger partial charge in [0.15, 0.2) is 0 Å². The lowest BCUT2D eigenvalue weighted by molar-refractivity contribution is -0.384. The molecular weight excluding hydrogens is 287 g/mol. The van der Waals surface area contributed by atoms with Gasteiger partial charge < -0.3 is 5.32 Å². The number of hydrogen-bond acceptors (Lipinski definition) is 3. The van der Waals surface area contributed by atoms with Crippen molar-refractivity contribution in [3.8, 4) is 0 Å². The third-order valence-corrected chi connectivity index (χ3v) is 3.21. The first kappa shape index (κ1) is 13.6. The standard InChI is InChI=1S/C13H10Cl2N2O2/c14-10-3-1-2-4-12(10)16-8-9-5-6-11(15)13(7-9)17(18)19/h1-7,16H,8H2. The minimum absolute atomic E-state index is 0.0971. The molecule has 0 bridgehead atoms. The minimum Gasteiger partial charge on any atom is -0.380 e. The summed E-state index contributed by atoms with van der Waals surface area (Å²) < 4.78 is 0. The lowest BCUT2D eigenvalue weighted by atomic mass is 10.2. The molecule has 2 aromatic rings. The molecule has 4 nitrogen and oxygen atoms in total. The number of para-hydroxylation sites is 1. The Kier molecular flexibility index (Phi) is 4.24. The maximum atomic E-state index is 10.8. The Morgan fingerprint density at radius 2 is 1.84 bits per heavy atom. The second kappa shape index (κ2) is 5.91. The molecule has 0 saturated heterocycles. The van der Waals surface area contributed by atoms with Crippen molar-refractivity contribution in [2.45, 2.75) is 6.54 Å². The van der Waals surface area contributed by atoms with Gasteiger partial charge in [0.25, 0.3) is 5.69 Å². The molecule has 2 aromatic carbocycles. The van der Waals surface area contributed by atoms with Crippen molar-refractivity contribution in [3.63, 3.8) is 0 Å². The van der Waals surface area contributed by atoms with Crippen molar-refractivity contribution in [2.24, 2.45) is 0 Å². The summed E-state index contributed by atoms with van der Waals surface area (Å²) in [7, 11) is 0. The van der Waals surface area contributed by atoms with Gasteiger partial charge in [-0.3, -0.25) is 10.1 Å². The number of rotatable bonds is 4. The first-order valence-corrected chi connectivity index (χ1v) is 6.25. The summed E-state index contributed by atoms with van der Waals surface area (Å²) in [5, 5.41) is 14.6. The fourth-order valence-electron chi connectivity index (χ4n) is 1.61. The van der Waals surface area contributed by atoms with Gasteiger partial charge in [0, 0.05) is 12.6 Å². The second-order valence-corrected chi connectivity index (χ2v) is 4.69. The Morgan fingerprint density at radius 3 is 2.53 bits per heavy atom. The van der Waals surface area contributed by atoms with Gasteiger partial charge in [-0.2, -0.15) is 0 Å². The number of halogens is 2. The van der Waals surface area contributed by atoms with E-state index in [1.165, 1.54) is 12.1 Å². The summed E-state index contributed by atoms with van der Waals surface area (Å²) in [5.41, 5.74) is 1.44. The van der Waals surface area contributed by atoms with Crippen molar-refractivity contribution >= 4 is 34.6 Å². The Morgan fingerprint density at radius 1 is 1.11 bits per heavy atom. The van der Waals surface area contributed by atoms with Crippen molar-refractivity contribution in [3.05, 3.63) is 68.2 Å². The number of hydrogen-bond donors (Lipinski definition) is 1. The molecule has 2 rings (SSSR count). The zero-order valence-corrected chi connectivity index (χ0v) is 11.3. The fraction of sp³-hybridized carbons (Fsp3) is 0.0769. The molecule has 0 heterocycles. The van der Waals surface area contributed by atoms with E-state index in [4.69, 9.17) is 23.2 Å². The average molecular weight is 297 g/mol. The molecule has 0 atom stereocenters. The molecule has 0 aliphatic heterocycles. The van der Waals surface area contributed by atoms with Crippen LogP contribution in [-0.2, 0) is 6.54 Å². The normalized spacial score (nSPS) is 10.2. The Bertz CT molecular complexity index is 617. The largest absolute Gasteiger partial charge is 0.380 e. The first-order chi connectivity index (χ1) is 9.08. The van der Waals surface area contributed by atoms with Gasteiger partial charge >= 0.3 is 0 Å². The van der Waals surface area contributed by atoms with Crippen LogP contribution in [0.5, 0.6) is 0 Å². The van der Waals surface area contributed by atoms with Crippen LogP contribution in [0.1, 0.15) is 5.56 Å². The predicted molar refractivity (Wildman–Crippen MR) is 76.9 cm³/mol. The van der Waals surface area contributed by atoms with E-state index in [1.54, 1.807) is 12.1 Å². The highest BCUT2D eigenvalue weighted by atomic mass is 35.5. The molecule has 0 amide bonds. The lowest BCUT2D eigenvalue weighted by Gasteiger charge is -2.08. The monoisotopic (exact) mass is 296 g/mol. The molecule has 0 aliphatic carbocycles. The third-order valence-electron chi connectivity index (χ3n) is 2.56. The summed E-state index contributed by atoms with van der Waals surface area (Å²) in [6.45, 7) is 0.432. The summed E-state index contributed by atoms with van der Waals surface area (Å²) in [6, 6.07) is 12.0. The van der Waals surface area contributed by atoms with E-state index in [2.05, 4.69) is 5.32 Å². The minimum atomic E-state index is -0.499. The number of benzene rings is 2. The third kappa shape index (κ3) is 3.36. The van der Waals surface area contributed by atoms with Crippen LogP contribution in [0.25, 0.3) is 0 Å². The van der Waals surface area contributed by atoms with Crippen molar-refractivity contribution in [1.82, 2.24) is 0 Å². The summed E-state index contributed by atoms with van der Waals surface area (Å²) >= 11 is 11.8. The molecule has 0 aliphatic rings. The number of nitro benzene ring substituents is 1. The summed E-state index contributed by atoms with van der Waals surface area (Å²) in [4.78, 5) is 10.3. The van der Waals surface area contributed by atoms with E-state index >= 15 is 0 Å². The molecule has 19 heavy (non-hydrogen) atoms. The second-order valence-electron chi connectivity index (χ2n) is 3.88. The van der Waals surface area contributed by atoms with Crippen LogP contribution in [0.15, 0.2) is 42.5 Å². The van der Waals surface area contributed by atoms with Crippen LogP contribution in [0.2, 0.25) is 10.0 Å². The van der Waals surface area contributed by atoms with Gasteiger partial charge in [0.2, 0.25) is 0 Å². The Labute approximate surface area is 120 Å². The fourth-order valence-corrected chi connectivity index (χ4v) is 2.00.